The van der Waals surface area contributed by atoms with Crippen molar-refractivity contribution in [1.82, 2.24) is 4.90 Å². The number of rotatable bonds is 4. The van der Waals surface area contributed by atoms with Gasteiger partial charge in [0.05, 0.1) is 5.41 Å². The molecule has 4 nitrogen and oxygen atoms in total. The lowest BCUT2D eigenvalue weighted by Crippen LogP contribution is -2.49. The molecular weight excluding hydrogens is 333 g/mol. The predicted molar refractivity (Wildman–Crippen MR) is 95.8 cm³/mol. The Morgan fingerprint density at radius 3 is 2.42 bits per heavy atom. The van der Waals surface area contributed by atoms with Gasteiger partial charge in [-0.1, -0.05) is 24.6 Å². The first-order valence-corrected chi connectivity index (χ1v) is 8.99. The van der Waals surface area contributed by atoms with Crippen molar-refractivity contribution < 1.29 is 18.7 Å². The highest BCUT2D eigenvalue weighted by Crippen LogP contribution is 2.45. The molecule has 0 unspecified atom stereocenters. The maximum absolute atomic E-state index is 13.3. The van der Waals surface area contributed by atoms with E-state index in [0.29, 0.717) is 19.8 Å². The number of fused-ring (bicyclic) bond motifs is 1. The molecule has 1 saturated carbocycles. The van der Waals surface area contributed by atoms with Crippen LogP contribution < -0.4 is 9.47 Å². The highest BCUT2D eigenvalue weighted by Gasteiger charge is 2.46. The summed E-state index contributed by atoms with van der Waals surface area (Å²) in [5.74, 6) is 1.28. The molecule has 0 atom stereocenters. The molecule has 5 heteroatoms. The Labute approximate surface area is 152 Å². The van der Waals surface area contributed by atoms with Crippen LogP contribution in [0.5, 0.6) is 11.5 Å². The van der Waals surface area contributed by atoms with E-state index >= 15 is 0 Å². The average Bonchev–Trinajstić information content (AvgIpc) is 2.62. The van der Waals surface area contributed by atoms with Gasteiger partial charge in [-0.25, -0.2) is 4.39 Å². The van der Waals surface area contributed by atoms with Gasteiger partial charge in [-0.15, -0.1) is 0 Å². The van der Waals surface area contributed by atoms with E-state index in [1.165, 1.54) is 12.1 Å². The Kier molecular flexibility index (Phi) is 4.31. The van der Waals surface area contributed by atoms with Crippen LogP contribution in [0.1, 0.15) is 30.4 Å². The number of likely N-dealkylation sites (N-methyl/N-ethyl adjacent to an activating group) is 1. The fourth-order valence-electron chi connectivity index (χ4n) is 3.82. The van der Waals surface area contributed by atoms with E-state index in [1.54, 1.807) is 17.0 Å². The number of nitrogens with zero attached hydrogens (tertiary/aromatic N) is 1. The van der Waals surface area contributed by atoms with Crippen LogP contribution in [0.15, 0.2) is 42.5 Å². The molecule has 1 fully saturated rings. The Balaban J connectivity index is 1.53. The number of ether oxygens (including phenoxy) is 2. The molecule has 1 amide bonds. The van der Waals surface area contributed by atoms with Crippen molar-refractivity contribution in [3.8, 4) is 11.5 Å². The summed E-state index contributed by atoms with van der Waals surface area (Å²) in [6.45, 7) is 1.60. The SMILES string of the molecule is CN(Cc1ccc2c(c1)OCCO2)C(=O)C1(c2ccc(F)cc2)CCC1. The molecule has 2 aliphatic rings. The fraction of sp³-hybridized carbons (Fsp3) is 0.381. The predicted octanol–water partition coefficient (Wildman–Crippen LogP) is 3.68. The van der Waals surface area contributed by atoms with E-state index in [-0.39, 0.29) is 11.7 Å². The molecule has 1 aliphatic carbocycles. The van der Waals surface area contributed by atoms with Crippen LogP contribution in [0.25, 0.3) is 0 Å². The first kappa shape index (κ1) is 16.9. The van der Waals surface area contributed by atoms with E-state index in [2.05, 4.69) is 0 Å². The molecule has 1 heterocycles. The monoisotopic (exact) mass is 355 g/mol. The van der Waals surface area contributed by atoms with Crippen molar-refractivity contribution >= 4 is 5.91 Å². The molecule has 26 heavy (non-hydrogen) atoms. The van der Waals surface area contributed by atoms with Gasteiger partial charge in [0, 0.05) is 13.6 Å². The minimum Gasteiger partial charge on any atom is -0.486 e. The molecule has 0 bridgehead atoms. The summed E-state index contributed by atoms with van der Waals surface area (Å²) < 4.78 is 24.4. The number of benzene rings is 2. The van der Waals surface area contributed by atoms with Crippen LogP contribution in [0.2, 0.25) is 0 Å². The molecule has 1 aliphatic heterocycles. The Morgan fingerprint density at radius 2 is 1.77 bits per heavy atom. The number of carbonyl (C=O) groups excluding carboxylic acids is 1. The summed E-state index contributed by atoms with van der Waals surface area (Å²) in [7, 11) is 1.82. The minimum atomic E-state index is -0.518. The van der Waals surface area contributed by atoms with Gasteiger partial charge in [0.2, 0.25) is 5.91 Å². The first-order valence-electron chi connectivity index (χ1n) is 8.99. The van der Waals surface area contributed by atoms with E-state index in [0.717, 1.165) is 41.9 Å². The summed E-state index contributed by atoms with van der Waals surface area (Å²) in [5.41, 5.74) is 1.39. The van der Waals surface area contributed by atoms with Crippen LogP contribution in [-0.4, -0.2) is 31.1 Å². The van der Waals surface area contributed by atoms with Gasteiger partial charge >= 0.3 is 0 Å². The van der Waals surface area contributed by atoms with Crippen molar-refractivity contribution in [2.45, 2.75) is 31.2 Å². The zero-order valence-electron chi connectivity index (χ0n) is 14.8. The number of amides is 1. The molecule has 0 saturated heterocycles. The van der Waals surface area contributed by atoms with Crippen LogP contribution in [0.3, 0.4) is 0 Å². The second-order valence-corrected chi connectivity index (χ2v) is 7.08. The lowest BCUT2D eigenvalue weighted by Gasteiger charge is -2.43. The van der Waals surface area contributed by atoms with E-state index in [1.807, 2.05) is 25.2 Å². The Morgan fingerprint density at radius 1 is 1.08 bits per heavy atom. The van der Waals surface area contributed by atoms with Crippen LogP contribution in [-0.2, 0) is 16.8 Å². The highest BCUT2D eigenvalue weighted by atomic mass is 19.1. The topological polar surface area (TPSA) is 38.8 Å². The molecule has 0 aromatic heterocycles. The van der Waals surface area contributed by atoms with Crippen molar-refractivity contribution in [2.75, 3.05) is 20.3 Å². The maximum Gasteiger partial charge on any atom is 0.233 e. The van der Waals surface area contributed by atoms with Crippen LogP contribution >= 0.6 is 0 Å². The fourth-order valence-corrected chi connectivity index (χ4v) is 3.82. The molecular formula is C21H22FNO3. The third-order valence-corrected chi connectivity index (χ3v) is 5.39. The summed E-state index contributed by atoms with van der Waals surface area (Å²) in [5, 5.41) is 0. The van der Waals surface area contributed by atoms with Crippen molar-refractivity contribution in [3.05, 3.63) is 59.4 Å². The zero-order chi connectivity index (χ0) is 18.1. The van der Waals surface area contributed by atoms with Gasteiger partial charge in [-0.2, -0.15) is 0 Å². The number of halogens is 1. The van der Waals surface area contributed by atoms with E-state index in [9.17, 15) is 9.18 Å². The molecule has 2 aromatic rings. The third-order valence-electron chi connectivity index (χ3n) is 5.39. The zero-order valence-corrected chi connectivity index (χ0v) is 14.8. The van der Waals surface area contributed by atoms with Crippen molar-refractivity contribution in [1.29, 1.82) is 0 Å². The lowest BCUT2D eigenvalue weighted by molar-refractivity contribution is -0.140. The maximum atomic E-state index is 13.3. The van der Waals surface area contributed by atoms with Gasteiger partial charge in [0.25, 0.3) is 0 Å². The van der Waals surface area contributed by atoms with Crippen LogP contribution in [0, 0.1) is 5.82 Å². The normalized spacial score (nSPS) is 17.3. The molecule has 0 N–H and O–H groups in total. The molecule has 136 valence electrons. The number of hydrogen-bond donors (Lipinski definition) is 0. The first-order chi connectivity index (χ1) is 12.6. The van der Waals surface area contributed by atoms with Gasteiger partial charge in [-0.05, 0) is 48.2 Å². The smallest absolute Gasteiger partial charge is 0.233 e. The summed E-state index contributed by atoms with van der Waals surface area (Å²) >= 11 is 0. The Hall–Kier alpha value is -2.56. The number of carbonyl (C=O) groups is 1. The molecule has 4 rings (SSSR count). The summed E-state index contributed by atoms with van der Waals surface area (Å²) in [6, 6.07) is 12.1. The van der Waals surface area contributed by atoms with E-state index in [4.69, 9.17) is 9.47 Å². The van der Waals surface area contributed by atoms with Gasteiger partial charge < -0.3 is 14.4 Å². The standard InChI is InChI=1S/C21H22FNO3/c1-23(14-15-3-8-18-19(13-15)26-12-11-25-18)20(24)21(9-2-10-21)16-4-6-17(22)7-5-16/h3-8,13H,2,9-12,14H2,1H3. The summed E-state index contributed by atoms with van der Waals surface area (Å²) in [6.07, 6.45) is 2.63. The quantitative estimate of drug-likeness (QED) is 0.840. The molecule has 0 spiro atoms. The second kappa shape index (κ2) is 6.63. The largest absolute Gasteiger partial charge is 0.486 e. The molecule has 2 aromatic carbocycles. The Bertz CT molecular complexity index is 815. The minimum absolute atomic E-state index is 0.0882. The lowest BCUT2D eigenvalue weighted by atomic mass is 9.63. The molecule has 0 radical (unpaired) electrons. The van der Waals surface area contributed by atoms with Crippen molar-refractivity contribution in [3.63, 3.8) is 0 Å². The number of hydrogen-bond acceptors (Lipinski definition) is 3. The summed E-state index contributed by atoms with van der Waals surface area (Å²) in [4.78, 5) is 15.0. The third kappa shape index (κ3) is 2.91. The second-order valence-electron chi connectivity index (χ2n) is 7.08. The average molecular weight is 355 g/mol. The van der Waals surface area contributed by atoms with Gasteiger partial charge in [0.1, 0.15) is 19.0 Å². The van der Waals surface area contributed by atoms with Gasteiger partial charge in [-0.3, -0.25) is 4.79 Å². The van der Waals surface area contributed by atoms with Crippen molar-refractivity contribution in [2.24, 2.45) is 0 Å². The van der Waals surface area contributed by atoms with E-state index < -0.39 is 5.41 Å². The van der Waals surface area contributed by atoms with Crippen LogP contribution in [0.4, 0.5) is 4.39 Å². The highest BCUT2D eigenvalue weighted by molar-refractivity contribution is 5.89. The van der Waals surface area contributed by atoms with Gasteiger partial charge in [0.15, 0.2) is 11.5 Å².